The van der Waals surface area contributed by atoms with Crippen LogP contribution in [0.4, 0.5) is 0 Å². The molecule has 0 aliphatic heterocycles. The van der Waals surface area contributed by atoms with Gasteiger partial charge in [0.2, 0.25) is 0 Å². The van der Waals surface area contributed by atoms with Crippen LogP contribution in [0, 0.1) is 27.7 Å². The van der Waals surface area contributed by atoms with E-state index in [9.17, 15) is 0 Å². The van der Waals surface area contributed by atoms with Crippen LogP contribution in [-0.2, 0) is 42.5 Å². The molecule has 0 amide bonds. The van der Waals surface area contributed by atoms with Crippen molar-refractivity contribution >= 4 is 49.8 Å². The monoisotopic (exact) mass is 1010 g/mol. The van der Waals surface area contributed by atoms with Crippen LogP contribution in [0.25, 0.3) is 45.6 Å². The molecule has 8 rings (SSSR count). The van der Waals surface area contributed by atoms with Gasteiger partial charge >= 0.3 is 37.9 Å². The molecule has 0 bridgehead atoms. The van der Waals surface area contributed by atoms with Gasteiger partial charge in [0.15, 0.2) is 0 Å². The molecule has 6 heteroatoms. The van der Waals surface area contributed by atoms with Gasteiger partial charge in [0.25, 0.3) is 0 Å². The summed E-state index contributed by atoms with van der Waals surface area (Å²) in [5.41, 5.74) is 21.8. The fourth-order valence-electron chi connectivity index (χ4n) is 9.77. The Bertz CT molecular complexity index is 2570. The van der Waals surface area contributed by atoms with Crippen molar-refractivity contribution in [2.24, 2.45) is 0 Å². The maximum absolute atomic E-state index is 6.47. The number of rotatable bonds is 8. The first-order valence-corrected chi connectivity index (χ1v) is 31.4. The second-order valence-corrected chi connectivity index (χ2v) is 28.0. The third-order valence-electron chi connectivity index (χ3n) is 13.7. The summed E-state index contributed by atoms with van der Waals surface area (Å²) in [6, 6.07) is 35.0. The normalized spacial score (nSPS) is 16.1. The molecule has 2 aromatic heterocycles. The van der Waals surface area contributed by atoms with Crippen LogP contribution < -0.4 is 0 Å². The van der Waals surface area contributed by atoms with Gasteiger partial charge in [0.1, 0.15) is 23.0 Å². The van der Waals surface area contributed by atoms with Crippen LogP contribution in [0.2, 0.25) is 12.1 Å². The van der Waals surface area contributed by atoms with Crippen LogP contribution in [0.5, 0.6) is 0 Å². The molecule has 66 heavy (non-hydrogen) atoms. The topological polar surface area (TPSA) is 26.3 Å². The predicted molar refractivity (Wildman–Crippen MR) is 283 cm³/mol. The van der Waals surface area contributed by atoms with Gasteiger partial charge in [-0.15, -0.1) is 0 Å². The molecule has 2 heterocycles. The Morgan fingerprint density at radius 3 is 1.06 bits per heavy atom. The van der Waals surface area contributed by atoms with Crippen molar-refractivity contribution in [1.29, 1.82) is 0 Å². The molecule has 2 aliphatic rings. The standard InChI is InChI=1S/C60H70O2Si.2ClH.Zr/c1-35-17-21-45-49(55(35)39-25-41(57(5,6)7)29-42(26-39)58(8,9)10)31-47(53-23-19-37(3)61-53)51(45)33-63-34-52-46-22-18-36(2)56(50(46)32-48(52)54-24-20-38(4)62-54)40-27-43(59(11,12)13)30-44(28-40)60(14,15)16;;;/h17-32,51-52H,33-34H2,1-16H3;2*1H;/q;;;+2/p-2. The summed E-state index contributed by atoms with van der Waals surface area (Å²) in [6.07, 6.45) is 4.94. The summed E-state index contributed by atoms with van der Waals surface area (Å²) in [7, 11) is 10.6. The molecule has 344 valence electrons. The molecule has 0 spiro atoms. The Hall–Kier alpha value is -3.40. The van der Waals surface area contributed by atoms with E-state index in [-0.39, 0.29) is 33.5 Å². The van der Waals surface area contributed by atoms with Crippen LogP contribution in [0.3, 0.4) is 0 Å². The van der Waals surface area contributed by atoms with Crippen LogP contribution in [0.1, 0.15) is 174 Å². The molecular formula is C60H70Cl2O2SiZr. The van der Waals surface area contributed by atoms with Gasteiger partial charge in [0.05, 0.1) is 0 Å². The molecule has 0 fully saturated rings. The van der Waals surface area contributed by atoms with E-state index in [0.717, 1.165) is 44.6 Å². The van der Waals surface area contributed by atoms with Gasteiger partial charge < -0.3 is 8.83 Å². The number of furan rings is 2. The first-order chi connectivity index (χ1) is 30.8. The molecule has 2 unspecified atom stereocenters. The molecule has 0 saturated carbocycles. The summed E-state index contributed by atoms with van der Waals surface area (Å²) in [6.45, 7) is 36.7. The zero-order valence-electron chi connectivity index (χ0n) is 42.4. The Balaban J connectivity index is 0.00000210. The zero-order chi connectivity index (χ0) is 48.3. The molecule has 2 radical (unpaired) electrons. The van der Waals surface area contributed by atoms with Crippen molar-refractivity contribution in [2.45, 2.75) is 156 Å². The van der Waals surface area contributed by atoms with Crippen molar-refractivity contribution in [3.8, 4) is 22.3 Å². The third-order valence-corrected chi connectivity index (χ3v) is 15.1. The van der Waals surface area contributed by atoms with E-state index in [1.807, 2.05) is 0 Å². The Kier molecular flexibility index (Phi) is 14.7. The van der Waals surface area contributed by atoms with Crippen LogP contribution >= 0.6 is 17.0 Å². The SMILES string of the molecule is Cc1ccc(C2=Cc3c(ccc(C)c3-c3cc(C(C)(C)C)cc(C(C)(C)C)c3)C2C[Si]CC2C(c3ccc(C)o3)=Cc3c2ccc(C)c3-c2cc(C(C)(C)C)cc(C(C)(C)C)c2)o1.[Cl][Zr][Cl]. The van der Waals surface area contributed by atoms with Gasteiger partial charge in [-0.1, -0.05) is 144 Å². The van der Waals surface area contributed by atoms with Crippen LogP contribution in [-0.4, -0.2) is 9.52 Å². The van der Waals surface area contributed by atoms with Gasteiger partial charge in [-0.25, -0.2) is 0 Å². The summed E-state index contributed by atoms with van der Waals surface area (Å²) in [5.74, 6) is 4.36. The summed E-state index contributed by atoms with van der Waals surface area (Å²) >= 11 is -0.826. The maximum atomic E-state index is 6.47. The van der Waals surface area contributed by atoms with E-state index < -0.39 is 20.8 Å². The van der Waals surface area contributed by atoms with Crippen molar-refractivity contribution < 1.29 is 29.7 Å². The predicted octanol–water partition coefficient (Wildman–Crippen LogP) is 18.5. The third kappa shape index (κ3) is 10.6. The summed E-state index contributed by atoms with van der Waals surface area (Å²) < 4.78 is 12.9. The second kappa shape index (κ2) is 19.2. The molecule has 2 atom stereocenters. The molecule has 0 saturated heterocycles. The number of halogens is 2. The average molecular weight is 1010 g/mol. The minimum absolute atomic E-state index is 0.0318. The Morgan fingerprint density at radius 2 is 0.788 bits per heavy atom. The van der Waals surface area contributed by atoms with Crippen molar-refractivity contribution in [3.05, 3.63) is 164 Å². The van der Waals surface area contributed by atoms with E-state index in [0.29, 0.717) is 0 Å². The Morgan fingerprint density at radius 1 is 0.470 bits per heavy atom. The fraction of sp³-hybridized carbons (Fsp3) is 0.400. The molecule has 4 aromatic carbocycles. The summed E-state index contributed by atoms with van der Waals surface area (Å²) in [4.78, 5) is 0. The van der Waals surface area contributed by atoms with E-state index >= 15 is 0 Å². The minimum atomic E-state index is -0.826. The van der Waals surface area contributed by atoms with E-state index in [1.165, 1.54) is 89.0 Å². The molecule has 0 N–H and O–H groups in total. The quantitative estimate of drug-likeness (QED) is 0.142. The van der Waals surface area contributed by atoms with E-state index in [4.69, 9.17) is 25.9 Å². The first kappa shape index (κ1) is 50.5. The summed E-state index contributed by atoms with van der Waals surface area (Å²) in [5, 5.41) is 0. The molecule has 6 aromatic rings. The number of hydrogen-bond donors (Lipinski definition) is 0. The van der Waals surface area contributed by atoms with Crippen molar-refractivity contribution in [1.82, 2.24) is 0 Å². The van der Waals surface area contributed by atoms with E-state index in [2.05, 4.69) is 208 Å². The fourth-order valence-corrected chi connectivity index (χ4v) is 11.4. The van der Waals surface area contributed by atoms with Gasteiger partial charge in [-0.3, -0.25) is 0 Å². The molecular weight excluding hydrogens is 943 g/mol. The average Bonchev–Trinajstić information content (AvgIpc) is 4.02. The first-order valence-electron chi connectivity index (χ1n) is 23.6. The molecule has 2 nitrogen and oxygen atoms in total. The van der Waals surface area contributed by atoms with E-state index in [1.54, 1.807) is 0 Å². The van der Waals surface area contributed by atoms with Gasteiger partial charge in [-0.2, -0.15) is 0 Å². The van der Waals surface area contributed by atoms with Gasteiger partial charge in [-0.05, 0) is 176 Å². The number of hydrogen-bond acceptors (Lipinski definition) is 2. The number of fused-ring (bicyclic) bond motifs is 2. The number of aryl methyl sites for hydroxylation is 4. The van der Waals surface area contributed by atoms with Crippen LogP contribution in [0.15, 0.2) is 93.8 Å². The number of allylic oxidation sites excluding steroid dienone is 2. The number of benzene rings is 4. The second-order valence-electron chi connectivity index (χ2n) is 23.0. The van der Waals surface area contributed by atoms with Crippen molar-refractivity contribution in [3.63, 3.8) is 0 Å². The Labute approximate surface area is 418 Å². The zero-order valence-corrected chi connectivity index (χ0v) is 47.3. The van der Waals surface area contributed by atoms with Crippen molar-refractivity contribution in [2.75, 3.05) is 0 Å². The molecule has 2 aliphatic carbocycles. The van der Waals surface area contributed by atoms with Gasteiger partial charge in [0, 0.05) is 32.5 Å².